The number of para-hydroxylation sites is 3. The summed E-state index contributed by atoms with van der Waals surface area (Å²) in [5.41, 5.74) is 22.7. The Hall–Kier alpha value is -9.64. The zero-order chi connectivity index (χ0) is 57.6. The summed E-state index contributed by atoms with van der Waals surface area (Å²) < 4.78 is 15.2. The largest absolute Gasteiger partial charge is 0.455 e. The van der Waals surface area contributed by atoms with Crippen LogP contribution in [0, 0.1) is 0 Å². The lowest BCUT2D eigenvalue weighted by Crippen LogP contribution is -2.29. The van der Waals surface area contributed by atoms with Gasteiger partial charge in [-0.2, -0.15) is 0 Å². The van der Waals surface area contributed by atoms with Crippen molar-refractivity contribution in [3.8, 4) is 22.3 Å². The van der Waals surface area contributed by atoms with Gasteiger partial charge in [-0.1, -0.05) is 230 Å². The fraction of sp³-hybridized carbons (Fsp3) is 0.160. The van der Waals surface area contributed by atoms with Gasteiger partial charge < -0.3 is 18.6 Å². The van der Waals surface area contributed by atoms with Gasteiger partial charge in [-0.25, -0.2) is 0 Å². The second-order valence-electron chi connectivity index (χ2n) is 25.3. The normalized spacial score (nSPS) is 14.7. The second kappa shape index (κ2) is 20.3. The fourth-order valence-corrected chi connectivity index (χ4v) is 14.0. The summed E-state index contributed by atoms with van der Waals surface area (Å²) in [7, 11) is 0. The van der Waals surface area contributed by atoms with Crippen molar-refractivity contribution in [2.75, 3.05) is 9.80 Å². The maximum absolute atomic E-state index is 7.66. The molecule has 4 heteroatoms. The SMILES string of the molecule is CC(C)(C)c1ccc(N(c2ccccc2)c2cc3c(c4oc5ccccc5c24)-c2c(cc(N(C4=CCCC=C4)c4ccc(C(C)(C)C)cc4-c4ccccc4)c4oc5ccccc5c24)C3(c2ccccc2)c2ccccc2)c(C2=CCCC=C2)c1. The number of furan rings is 2. The summed E-state index contributed by atoms with van der Waals surface area (Å²) in [5, 5.41) is 4.21. The molecule has 0 atom stereocenters. The molecule has 3 aliphatic rings. The third kappa shape index (κ3) is 8.47. The molecule has 0 radical (unpaired) electrons. The zero-order valence-electron chi connectivity index (χ0n) is 49.3. The van der Waals surface area contributed by atoms with Crippen LogP contribution in [0.2, 0.25) is 0 Å². The lowest BCUT2D eigenvalue weighted by Gasteiger charge is -2.36. The average Bonchev–Trinajstić information content (AvgIpc) is 1.53. The van der Waals surface area contributed by atoms with E-state index in [-0.39, 0.29) is 10.8 Å². The molecule has 3 aliphatic carbocycles. The molecule has 0 N–H and O–H groups in total. The van der Waals surface area contributed by atoms with Crippen LogP contribution in [0.4, 0.5) is 28.4 Å². The Morgan fingerprint density at radius 1 is 0.400 bits per heavy atom. The number of hydrogen-bond acceptors (Lipinski definition) is 4. The summed E-state index contributed by atoms with van der Waals surface area (Å²) in [6, 6.07) is 81.1. The standard InChI is InChI=1S/C81H68N2O2/c1-79(2,3)57-45-47-67(63(49-57)53-29-13-7-14-30-53)82(59-37-21-11-22-38-59)69-51-66-76(78-73(69)61-41-25-27-43-71(61)85-78)75-65(81(66,55-33-17-9-18-34-55)56-35-19-10-20-36-56)52-70(77-74(75)62-42-26-28-44-72(62)84-77)83(60-39-23-12-24-40-60)68-48-46-58(80(4,5)6)50-64(68)54-31-15-8-16-32-54/h8-11,13,15-23,25-52H,7,12,14,24H2,1-6H3. The van der Waals surface area contributed by atoms with Gasteiger partial charge in [-0.05, 0) is 148 Å². The molecule has 2 heterocycles. The first kappa shape index (κ1) is 52.2. The minimum Gasteiger partial charge on any atom is -0.455 e. The molecule has 0 unspecified atom stereocenters. The monoisotopic (exact) mass is 1100 g/mol. The molecule has 10 aromatic carbocycles. The summed E-state index contributed by atoms with van der Waals surface area (Å²) in [6.45, 7) is 13.9. The van der Waals surface area contributed by atoms with Crippen LogP contribution in [0.15, 0.2) is 269 Å². The van der Waals surface area contributed by atoms with Crippen LogP contribution in [0.1, 0.15) is 106 Å². The van der Waals surface area contributed by atoms with E-state index < -0.39 is 5.41 Å². The molecule has 85 heavy (non-hydrogen) atoms. The van der Waals surface area contributed by atoms with Gasteiger partial charge in [0.15, 0.2) is 5.58 Å². The Labute approximate surface area is 499 Å². The van der Waals surface area contributed by atoms with Crippen LogP contribution in [0.25, 0.3) is 71.7 Å². The number of anilines is 5. The molecule has 0 aliphatic heterocycles. The van der Waals surface area contributed by atoms with E-state index in [4.69, 9.17) is 8.83 Å². The van der Waals surface area contributed by atoms with Crippen molar-refractivity contribution in [2.45, 2.75) is 83.5 Å². The van der Waals surface area contributed by atoms with Gasteiger partial charge in [0.1, 0.15) is 16.7 Å². The highest BCUT2D eigenvalue weighted by molar-refractivity contribution is 6.26. The Balaban J connectivity index is 1.14. The predicted octanol–water partition coefficient (Wildman–Crippen LogP) is 22.7. The van der Waals surface area contributed by atoms with Gasteiger partial charge in [-0.3, -0.25) is 0 Å². The molecule has 0 fully saturated rings. The van der Waals surface area contributed by atoms with Crippen LogP contribution >= 0.6 is 0 Å². The number of allylic oxidation sites excluding steroid dienone is 7. The van der Waals surface area contributed by atoms with Crippen molar-refractivity contribution in [2.24, 2.45) is 0 Å². The number of fused-ring (bicyclic) bond motifs is 11. The molecule has 0 bridgehead atoms. The highest BCUT2D eigenvalue weighted by Crippen LogP contribution is 2.65. The highest BCUT2D eigenvalue weighted by atomic mass is 16.3. The number of hydrogen-bond donors (Lipinski definition) is 0. The van der Waals surface area contributed by atoms with Crippen molar-refractivity contribution >= 4 is 77.9 Å². The molecule has 0 amide bonds. The van der Waals surface area contributed by atoms with Crippen LogP contribution in [-0.2, 0) is 16.2 Å². The van der Waals surface area contributed by atoms with Crippen LogP contribution in [0.3, 0.4) is 0 Å². The lowest BCUT2D eigenvalue weighted by atomic mass is 9.67. The number of benzene rings is 10. The third-order valence-corrected chi connectivity index (χ3v) is 18.1. The first-order valence-corrected chi connectivity index (χ1v) is 30.3. The predicted molar refractivity (Wildman–Crippen MR) is 357 cm³/mol. The van der Waals surface area contributed by atoms with Crippen molar-refractivity contribution in [1.82, 2.24) is 0 Å². The quantitative estimate of drug-likeness (QED) is 0.137. The Kier molecular flexibility index (Phi) is 12.5. The van der Waals surface area contributed by atoms with E-state index in [9.17, 15) is 0 Å². The molecule has 2 aromatic heterocycles. The van der Waals surface area contributed by atoms with Crippen LogP contribution in [0.5, 0.6) is 0 Å². The van der Waals surface area contributed by atoms with Gasteiger partial charge in [0, 0.05) is 49.8 Å². The van der Waals surface area contributed by atoms with Gasteiger partial charge >= 0.3 is 0 Å². The van der Waals surface area contributed by atoms with Gasteiger partial charge in [0.05, 0.1) is 33.6 Å². The summed E-state index contributed by atoms with van der Waals surface area (Å²) in [6.07, 6.45) is 18.0. The summed E-state index contributed by atoms with van der Waals surface area (Å²) in [4.78, 5) is 5.04. The van der Waals surface area contributed by atoms with Crippen molar-refractivity contribution in [3.63, 3.8) is 0 Å². The van der Waals surface area contributed by atoms with E-state index in [0.717, 1.165) is 148 Å². The lowest BCUT2D eigenvalue weighted by molar-refractivity contribution is 0.590. The van der Waals surface area contributed by atoms with Crippen LogP contribution < -0.4 is 9.80 Å². The van der Waals surface area contributed by atoms with Crippen molar-refractivity contribution in [1.29, 1.82) is 0 Å². The molecule has 15 rings (SSSR count). The third-order valence-electron chi connectivity index (χ3n) is 18.1. The minimum atomic E-state index is -0.910. The first-order valence-electron chi connectivity index (χ1n) is 30.3. The van der Waals surface area contributed by atoms with E-state index in [1.807, 2.05) is 0 Å². The zero-order valence-corrected chi connectivity index (χ0v) is 49.3. The Bertz CT molecular complexity index is 4670. The van der Waals surface area contributed by atoms with Crippen molar-refractivity contribution < 1.29 is 8.83 Å². The van der Waals surface area contributed by atoms with Gasteiger partial charge in [0.2, 0.25) is 0 Å². The maximum Gasteiger partial charge on any atom is 0.160 e. The molecule has 0 saturated carbocycles. The van der Waals surface area contributed by atoms with E-state index in [0.29, 0.717) is 0 Å². The minimum absolute atomic E-state index is 0.0814. The molecule has 4 nitrogen and oxygen atoms in total. The smallest absolute Gasteiger partial charge is 0.160 e. The first-order chi connectivity index (χ1) is 41.5. The second-order valence-corrected chi connectivity index (χ2v) is 25.3. The number of rotatable bonds is 10. The Morgan fingerprint density at radius 2 is 0.906 bits per heavy atom. The molecule has 0 saturated heterocycles. The molecular weight excluding hydrogens is 1030 g/mol. The highest BCUT2D eigenvalue weighted by Gasteiger charge is 2.51. The topological polar surface area (TPSA) is 32.8 Å². The van der Waals surface area contributed by atoms with E-state index in [2.05, 4.69) is 306 Å². The molecule has 0 spiro atoms. The average molecular weight is 1100 g/mol. The molecule has 12 aromatic rings. The van der Waals surface area contributed by atoms with Gasteiger partial charge in [0.25, 0.3) is 0 Å². The van der Waals surface area contributed by atoms with Crippen molar-refractivity contribution in [3.05, 3.63) is 299 Å². The summed E-state index contributed by atoms with van der Waals surface area (Å²) >= 11 is 0. The number of nitrogens with zero attached hydrogens (tertiary/aromatic N) is 2. The van der Waals surface area contributed by atoms with E-state index in [1.165, 1.54) is 22.3 Å². The van der Waals surface area contributed by atoms with Crippen LogP contribution in [-0.4, -0.2) is 0 Å². The molecular formula is C81H68N2O2. The Morgan fingerprint density at radius 3 is 1.49 bits per heavy atom. The van der Waals surface area contributed by atoms with E-state index >= 15 is 0 Å². The molecule has 414 valence electrons. The fourth-order valence-electron chi connectivity index (χ4n) is 14.0. The van der Waals surface area contributed by atoms with Gasteiger partial charge in [-0.15, -0.1) is 0 Å². The maximum atomic E-state index is 7.66. The van der Waals surface area contributed by atoms with E-state index in [1.54, 1.807) is 0 Å². The summed E-state index contributed by atoms with van der Waals surface area (Å²) in [5.74, 6) is 0.